The first kappa shape index (κ1) is 18.0. The number of fused-ring (bicyclic) bond motifs is 1. The second-order valence-electron chi connectivity index (χ2n) is 6.85. The van der Waals surface area contributed by atoms with Crippen molar-refractivity contribution < 1.29 is 9.53 Å². The summed E-state index contributed by atoms with van der Waals surface area (Å²) >= 11 is 0. The lowest BCUT2D eigenvalue weighted by Gasteiger charge is -2.19. The first-order chi connectivity index (χ1) is 13.5. The van der Waals surface area contributed by atoms with Gasteiger partial charge in [0.2, 0.25) is 0 Å². The van der Waals surface area contributed by atoms with Crippen molar-refractivity contribution in [2.45, 2.75) is 20.3 Å². The third-order valence-electron chi connectivity index (χ3n) is 4.82. The standard InChI is InChI=1S/C22H22N4O2/c1-14-8-9-20(28-3)17(12-14)25-22(27)18-13-21(24-15(2)23-18)26-11-10-16-6-4-5-7-19(16)26/h4-9,12-13H,10-11H2,1-3H3,(H,25,27). The van der Waals surface area contributed by atoms with Crippen LogP contribution in [0.2, 0.25) is 0 Å². The van der Waals surface area contributed by atoms with Gasteiger partial charge in [0.1, 0.15) is 23.1 Å². The number of hydrogen-bond donors (Lipinski definition) is 1. The number of aromatic nitrogens is 2. The van der Waals surface area contributed by atoms with Crippen LogP contribution in [0.5, 0.6) is 5.75 Å². The Kier molecular flexibility index (Phi) is 4.69. The fraction of sp³-hybridized carbons (Fsp3) is 0.227. The Morgan fingerprint density at radius 3 is 2.75 bits per heavy atom. The average Bonchev–Trinajstić information content (AvgIpc) is 3.12. The van der Waals surface area contributed by atoms with Gasteiger partial charge in [0, 0.05) is 18.3 Å². The maximum atomic E-state index is 12.9. The summed E-state index contributed by atoms with van der Waals surface area (Å²) < 4.78 is 5.35. The number of rotatable bonds is 4. The fourth-order valence-electron chi connectivity index (χ4n) is 3.49. The van der Waals surface area contributed by atoms with Crippen molar-refractivity contribution >= 4 is 23.1 Å². The average molecular weight is 374 g/mol. The van der Waals surface area contributed by atoms with Gasteiger partial charge in [-0.25, -0.2) is 9.97 Å². The van der Waals surface area contributed by atoms with Crippen molar-refractivity contribution in [3.8, 4) is 5.75 Å². The molecule has 0 unspecified atom stereocenters. The van der Waals surface area contributed by atoms with Gasteiger partial charge in [0.25, 0.3) is 5.91 Å². The molecule has 1 aromatic heterocycles. The van der Waals surface area contributed by atoms with Crippen LogP contribution in [0, 0.1) is 13.8 Å². The number of aryl methyl sites for hydroxylation is 2. The van der Waals surface area contributed by atoms with Gasteiger partial charge in [-0.1, -0.05) is 24.3 Å². The van der Waals surface area contributed by atoms with Gasteiger partial charge < -0.3 is 15.0 Å². The first-order valence-corrected chi connectivity index (χ1v) is 9.22. The third-order valence-corrected chi connectivity index (χ3v) is 4.82. The zero-order valence-corrected chi connectivity index (χ0v) is 16.2. The molecule has 0 saturated heterocycles. The van der Waals surface area contributed by atoms with E-state index in [0.29, 0.717) is 23.0 Å². The van der Waals surface area contributed by atoms with E-state index in [0.717, 1.165) is 30.0 Å². The maximum absolute atomic E-state index is 12.9. The van der Waals surface area contributed by atoms with E-state index in [9.17, 15) is 4.79 Å². The van der Waals surface area contributed by atoms with Gasteiger partial charge >= 0.3 is 0 Å². The molecule has 4 rings (SSSR count). The fourth-order valence-corrected chi connectivity index (χ4v) is 3.49. The number of nitrogens with one attached hydrogen (secondary N) is 1. The second-order valence-corrected chi connectivity index (χ2v) is 6.85. The quantitative estimate of drug-likeness (QED) is 0.746. The molecule has 1 amide bonds. The molecule has 28 heavy (non-hydrogen) atoms. The van der Waals surface area contributed by atoms with Crippen LogP contribution in [-0.2, 0) is 6.42 Å². The molecule has 1 aliphatic rings. The number of nitrogens with zero attached hydrogens (tertiary/aromatic N) is 3. The van der Waals surface area contributed by atoms with E-state index in [-0.39, 0.29) is 5.91 Å². The molecule has 6 heteroatoms. The van der Waals surface area contributed by atoms with Gasteiger partial charge in [-0.15, -0.1) is 0 Å². The molecule has 0 spiro atoms. The van der Waals surface area contributed by atoms with Crippen molar-refractivity contribution in [1.29, 1.82) is 0 Å². The molecule has 0 radical (unpaired) electrons. The van der Waals surface area contributed by atoms with Crippen molar-refractivity contribution in [2.75, 3.05) is 23.9 Å². The highest BCUT2D eigenvalue weighted by atomic mass is 16.5. The number of hydrogen-bond acceptors (Lipinski definition) is 5. The molecule has 0 bridgehead atoms. The summed E-state index contributed by atoms with van der Waals surface area (Å²) in [5, 5.41) is 2.91. The van der Waals surface area contributed by atoms with Crippen LogP contribution in [0.4, 0.5) is 17.2 Å². The lowest BCUT2D eigenvalue weighted by atomic mass is 10.2. The smallest absolute Gasteiger partial charge is 0.274 e. The molecule has 3 aromatic rings. The Balaban J connectivity index is 1.65. The lowest BCUT2D eigenvalue weighted by molar-refractivity contribution is 0.102. The molecule has 142 valence electrons. The van der Waals surface area contributed by atoms with Crippen LogP contribution in [-0.4, -0.2) is 29.5 Å². The minimum atomic E-state index is -0.289. The van der Waals surface area contributed by atoms with Crippen LogP contribution < -0.4 is 15.0 Å². The Morgan fingerprint density at radius 2 is 1.93 bits per heavy atom. The minimum absolute atomic E-state index is 0.289. The highest BCUT2D eigenvalue weighted by Crippen LogP contribution is 2.33. The van der Waals surface area contributed by atoms with Crippen molar-refractivity contribution in [2.24, 2.45) is 0 Å². The Morgan fingerprint density at radius 1 is 1.11 bits per heavy atom. The SMILES string of the molecule is COc1ccc(C)cc1NC(=O)c1cc(N2CCc3ccccc32)nc(C)n1. The maximum Gasteiger partial charge on any atom is 0.274 e. The zero-order chi connectivity index (χ0) is 19.7. The Bertz CT molecular complexity index is 1050. The third kappa shape index (κ3) is 3.41. The van der Waals surface area contributed by atoms with Crippen LogP contribution in [0.25, 0.3) is 0 Å². The van der Waals surface area contributed by atoms with E-state index in [1.807, 2.05) is 37.3 Å². The van der Waals surface area contributed by atoms with Crippen LogP contribution >= 0.6 is 0 Å². The molecule has 0 aliphatic carbocycles. The largest absolute Gasteiger partial charge is 0.495 e. The number of para-hydroxylation sites is 1. The van der Waals surface area contributed by atoms with E-state index >= 15 is 0 Å². The Labute approximate surface area is 164 Å². The summed E-state index contributed by atoms with van der Waals surface area (Å²) in [5.74, 6) is 1.61. The summed E-state index contributed by atoms with van der Waals surface area (Å²) in [5.41, 5.74) is 4.40. The van der Waals surface area contributed by atoms with E-state index in [2.05, 4.69) is 32.3 Å². The van der Waals surface area contributed by atoms with Gasteiger partial charge in [0.15, 0.2) is 0 Å². The summed E-state index contributed by atoms with van der Waals surface area (Å²) in [6, 6.07) is 15.7. The zero-order valence-electron chi connectivity index (χ0n) is 16.2. The molecule has 0 saturated carbocycles. The molecule has 0 fully saturated rings. The normalized spacial score (nSPS) is 12.6. The number of anilines is 3. The minimum Gasteiger partial charge on any atom is -0.495 e. The molecular weight excluding hydrogens is 352 g/mol. The number of benzene rings is 2. The molecule has 0 atom stereocenters. The number of amides is 1. The van der Waals surface area contributed by atoms with E-state index in [1.165, 1.54) is 5.56 Å². The summed E-state index contributed by atoms with van der Waals surface area (Å²) in [6.07, 6.45) is 0.960. The second kappa shape index (κ2) is 7.31. The molecular formula is C22H22N4O2. The van der Waals surface area contributed by atoms with Crippen LogP contribution in [0.3, 0.4) is 0 Å². The molecule has 2 aromatic carbocycles. The Hall–Kier alpha value is -3.41. The van der Waals surface area contributed by atoms with Crippen molar-refractivity contribution in [3.05, 3.63) is 71.2 Å². The topological polar surface area (TPSA) is 67.3 Å². The van der Waals surface area contributed by atoms with Gasteiger partial charge in [0.05, 0.1) is 12.8 Å². The summed E-state index contributed by atoms with van der Waals surface area (Å²) in [4.78, 5) is 23.9. The number of ether oxygens (including phenoxy) is 1. The van der Waals surface area contributed by atoms with E-state index < -0.39 is 0 Å². The van der Waals surface area contributed by atoms with Crippen LogP contribution in [0.1, 0.15) is 27.4 Å². The molecule has 1 aliphatic heterocycles. The molecule has 6 nitrogen and oxygen atoms in total. The molecule has 1 N–H and O–H groups in total. The van der Waals surface area contributed by atoms with Crippen LogP contribution in [0.15, 0.2) is 48.5 Å². The highest BCUT2D eigenvalue weighted by Gasteiger charge is 2.23. The van der Waals surface area contributed by atoms with E-state index in [4.69, 9.17) is 4.74 Å². The van der Waals surface area contributed by atoms with Gasteiger partial charge in [-0.2, -0.15) is 0 Å². The van der Waals surface area contributed by atoms with Gasteiger partial charge in [-0.05, 0) is 49.6 Å². The van der Waals surface area contributed by atoms with E-state index in [1.54, 1.807) is 20.1 Å². The monoisotopic (exact) mass is 374 g/mol. The number of carbonyl (C=O) groups is 1. The first-order valence-electron chi connectivity index (χ1n) is 9.22. The van der Waals surface area contributed by atoms with Gasteiger partial charge in [-0.3, -0.25) is 4.79 Å². The predicted molar refractivity (Wildman–Crippen MR) is 110 cm³/mol. The summed E-state index contributed by atoms with van der Waals surface area (Å²) in [7, 11) is 1.58. The highest BCUT2D eigenvalue weighted by molar-refractivity contribution is 6.04. The summed E-state index contributed by atoms with van der Waals surface area (Å²) in [6.45, 7) is 4.60. The predicted octanol–water partition coefficient (Wildman–Crippen LogP) is 4.05. The molecule has 2 heterocycles. The number of methoxy groups -OCH3 is 1. The lowest BCUT2D eigenvalue weighted by Crippen LogP contribution is -2.19. The number of carbonyl (C=O) groups excluding carboxylic acids is 1. The van der Waals surface area contributed by atoms with Crippen molar-refractivity contribution in [3.63, 3.8) is 0 Å². The van der Waals surface area contributed by atoms with Crippen molar-refractivity contribution in [1.82, 2.24) is 9.97 Å².